The predicted molar refractivity (Wildman–Crippen MR) is 131 cm³/mol. The van der Waals surface area contributed by atoms with Crippen molar-refractivity contribution in [3.05, 3.63) is 35.9 Å². The zero-order valence-corrected chi connectivity index (χ0v) is 20.0. The molecule has 15 nitrogen and oxygen atoms in total. The number of hydrogen-bond acceptors (Lipinski definition) is 8. The Morgan fingerprint density at radius 3 is 1.97 bits per heavy atom. The first-order chi connectivity index (χ1) is 17.4. The van der Waals surface area contributed by atoms with Gasteiger partial charge < -0.3 is 48.5 Å². The minimum absolute atomic E-state index is 0.0307. The summed E-state index contributed by atoms with van der Waals surface area (Å²) in [5, 5.41) is 34.4. The molecule has 204 valence electrons. The van der Waals surface area contributed by atoms with Crippen LogP contribution in [-0.2, 0) is 30.4 Å². The smallest absolute Gasteiger partial charge is 0.326 e. The third kappa shape index (κ3) is 11.8. The van der Waals surface area contributed by atoms with Gasteiger partial charge in [-0.3, -0.25) is 24.2 Å². The van der Waals surface area contributed by atoms with Gasteiger partial charge in [-0.1, -0.05) is 30.3 Å². The molecule has 0 saturated heterocycles. The van der Waals surface area contributed by atoms with Gasteiger partial charge >= 0.3 is 11.9 Å². The number of guanidine groups is 1. The fourth-order valence-corrected chi connectivity index (χ4v) is 3.11. The number of aliphatic hydroxyl groups excluding tert-OH is 1. The summed E-state index contributed by atoms with van der Waals surface area (Å²) in [6.07, 6.45) is -0.666. The molecule has 0 heterocycles. The first-order valence-electron chi connectivity index (χ1n) is 11.3. The molecule has 4 unspecified atom stereocenters. The van der Waals surface area contributed by atoms with E-state index >= 15 is 0 Å². The van der Waals surface area contributed by atoms with Gasteiger partial charge in [0.15, 0.2) is 5.96 Å². The minimum Gasteiger partial charge on any atom is -0.481 e. The maximum atomic E-state index is 13.1. The van der Waals surface area contributed by atoms with Crippen LogP contribution < -0.4 is 33.2 Å². The molecule has 0 fully saturated rings. The van der Waals surface area contributed by atoms with Gasteiger partial charge in [0.25, 0.3) is 0 Å². The quantitative estimate of drug-likeness (QED) is 0.0585. The Labute approximate surface area is 212 Å². The molecule has 0 spiro atoms. The average molecular weight is 524 g/mol. The molecular weight excluding hydrogens is 490 g/mol. The molecule has 0 bridgehead atoms. The number of carboxylic acids is 2. The Morgan fingerprint density at radius 1 is 0.865 bits per heavy atom. The van der Waals surface area contributed by atoms with Crippen molar-refractivity contribution in [3.8, 4) is 0 Å². The Hall–Kier alpha value is -4.24. The van der Waals surface area contributed by atoms with E-state index in [1.54, 1.807) is 30.3 Å². The number of amides is 3. The molecule has 0 aliphatic heterocycles. The largest absolute Gasteiger partial charge is 0.481 e. The van der Waals surface area contributed by atoms with E-state index in [-0.39, 0.29) is 31.8 Å². The number of aliphatic carboxylic acids is 2. The van der Waals surface area contributed by atoms with Crippen LogP contribution in [0.25, 0.3) is 0 Å². The van der Waals surface area contributed by atoms with Crippen molar-refractivity contribution in [3.63, 3.8) is 0 Å². The SMILES string of the molecule is NC(N)=NCCCC(NC(=O)C(N)CO)C(=O)NC(Cc1ccccc1)C(=O)NC(CC(=O)O)C(=O)O. The normalized spacial score (nSPS) is 13.8. The number of aliphatic hydroxyl groups is 1. The summed E-state index contributed by atoms with van der Waals surface area (Å²) in [7, 11) is 0. The monoisotopic (exact) mass is 523 g/mol. The lowest BCUT2D eigenvalue weighted by Crippen LogP contribution is -2.58. The fourth-order valence-electron chi connectivity index (χ4n) is 3.11. The molecule has 12 N–H and O–H groups in total. The Morgan fingerprint density at radius 2 is 1.43 bits per heavy atom. The van der Waals surface area contributed by atoms with Crippen LogP contribution in [0.15, 0.2) is 35.3 Å². The zero-order chi connectivity index (χ0) is 28.0. The number of benzene rings is 1. The molecular formula is C22H33N7O8. The van der Waals surface area contributed by atoms with Crippen molar-refractivity contribution in [2.45, 2.75) is 49.9 Å². The average Bonchev–Trinajstić information content (AvgIpc) is 2.84. The van der Waals surface area contributed by atoms with Crippen LogP contribution in [0.2, 0.25) is 0 Å². The predicted octanol–water partition coefficient (Wildman–Crippen LogP) is -3.38. The molecule has 37 heavy (non-hydrogen) atoms. The second kappa shape index (κ2) is 15.7. The number of hydrogen-bond donors (Lipinski definition) is 9. The molecule has 1 aromatic carbocycles. The standard InChI is InChI=1S/C22H33N7O8/c23-13(11-30)18(33)27-14(7-4-8-26-22(24)25)19(34)28-15(9-12-5-2-1-3-6-12)20(35)29-16(21(36)37)10-17(31)32/h1-3,5-6,13-16,30H,4,7-11,23H2,(H,27,33)(H,28,34)(H,29,35)(H,31,32)(H,36,37)(H4,24,25,26). The lowest BCUT2D eigenvalue weighted by molar-refractivity contribution is -0.147. The maximum Gasteiger partial charge on any atom is 0.326 e. The van der Waals surface area contributed by atoms with Crippen molar-refractivity contribution in [1.29, 1.82) is 0 Å². The summed E-state index contributed by atoms with van der Waals surface area (Å²) >= 11 is 0. The number of nitrogens with zero attached hydrogens (tertiary/aromatic N) is 1. The highest BCUT2D eigenvalue weighted by Gasteiger charge is 2.31. The van der Waals surface area contributed by atoms with E-state index in [2.05, 4.69) is 20.9 Å². The maximum absolute atomic E-state index is 13.1. The first kappa shape index (κ1) is 30.8. The van der Waals surface area contributed by atoms with Crippen molar-refractivity contribution < 1.29 is 39.3 Å². The van der Waals surface area contributed by atoms with Crippen LogP contribution in [0.1, 0.15) is 24.8 Å². The van der Waals surface area contributed by atoms with Crippen LogP contribution in [0.3, 0.4) is 0 Å². The van der Waals surface area contributed by atoms with E-state index in [1.807, 2.05) is 0 Å². The number of nitrogens with one attached hydrogen (secondary N) is 3. The number of carbonyl (C=O) groups is 5. The molecule has 1 aromatic rings. The highest BCUT2D eigenvalue weighted by atomic mass is 16.4. The second-order valence-corrected chi connectivity index (χ2v) is 8.05. The fraction of sp³-hybridized carbons (Fsp3) is 0.455. The molecule has 15 heteroatoms. The van der Waals surface area contributed by atoms with Crippen molar-refractivity contribution >= 4 is 35.6 Å². The Balaban J connectivity index is 3.14. The van der Waals surface area contributed by atoms with Gasteiger partial charge in [-0.05, 0) is 18.4 Å². The van der Waals surface area contributed by atoms with Gasteiger partial charge in [0.05, 0.1) is 13.0 Å². The topological polar surface area (TPSA) is 273 Å². The Bertz CT molecular complexity index is 969. The highest BCUT2D eigenvalue weighted by molar-refractivity contribution is 5.94. The van der Waals surface area contributed by atoms with Gasteiger partial charge in [-0.15, -0.1) is 0 Å². The minimum atomic E-state index is -1.74. The third-order valence-corrected chi connectivity index (χ3v) is 5.02. The van der Waals surface area contributed by atoms with E-state index in [0.717, 1.165) is 0 Å². The number of nitrogens with two attached hydrogens (primary N) is 3. The molecule has 0 aromatic heterocycles. The molecule has 0 aliphatic carbocycles. The van der Waals surface area contributed by atoms with Crippen molar-refractivity contribution in [2.24, 2.45) is 22.2 Å². The molecule has 4 atom stereocenters. The van der Waals surface area contributed by atoms with Crippen LogP contribution in [0, 0.1) is 0 Å². The lowest BCUT2D eigenvalue weighted by atomic mass is 10.0. The Kier molecular flexibility index (Phi) is 13.1. The van der Waals surface area contributed by atoms with E-state index < -0.39 is 66.9 Å². The van der Waals surface area contributed by atoms with E-state index in [0.29, 0.717) is 5.56 Å². The van der Waals surface area contributed by atoms with Gasteiger partial charge in [0.1, 0.15) is 24.2 Å². The zero-order valence-electron chi connectivity index (χ0n) is 20.0. The van der Waals surface area contributed by atoms with Crippen LogP contribution in [0.5, 0.6) is 0 Å². The molecule has 0 aliphatic rings. The van der Waals surface area contributed by atoms with E-state index in [1.165, 1.54) is 0 Å². The van der Waals surface area contributed by atoms with Crippen molar-refractivity contribution in [2.75, 3.05) is 13.2 Å². The van der Waals surface area contributed by atoms with Crippen LogP contribution in [-0.4, -0.2) is 88.3 Å². The van der Waals surface area contributed by atoms with Crippen molar-refractivity contribution in [1.82, 2.24) is 16.0 Å². The molecule has 3 amide bonds. The highest BCUT2D eigenvalue weighted by Crippen LogP contribution is 2.07. The summed E-state index contributed by atoms with van der Waals surface area (Å²) in [6.45, 7) is -0.537. The van der Waals surface area contributed by atoms with Crippen LogP contribution in [0.4, 0.5) is 0 Å². The summed E-state index contributed by atoms with van der Waals surface area (Å²) in [5.74, 6) is -5.74. The molecule has 0 radical (unpaired) electrons. The molecule has 0 saturated carbocycles. The third-order valence-electron chi connectivity index (χ3n) is 5.02. The number of rotatable bonds is 16. The number of aliphatic imine (C=N–C) groups is 1. The number of carbonyl (C=O) groups excluding carboxylic acids is 3. The first-order valence-corrected chi connectivity index (χ1v) is 11.3. The van der Waals surface area contributed by atoms with Gasteiger partial charge in [-0.2, -0.15) is 0 Å². The van der Waals surface area contributed by atoms with Gasteiger partial charge in [0.2, 0.25) is 17.7 Å². The number of carboxylic acid groups (broad SMARTS) is 2. The summed E-state index contributed by atoms with van der Waals surface area (Å²) in [4.78, 5) is 64.5. The van der Waals surface area contributed by atoms with Gasteiger partial charge in [-0.25, -0.2) is 4.79 Å². The molecule has 1 rings (SSSR count). The van der Waals surface area contributed by atoms with Gasteiger partial charge in [0, 0.05) is 13.0 Å². The second-order valence-electron chi connectivity index (χ2n) is 8.05. The summed E-state index contributed by atoms with van der Waals surface area (Å²) < 4.78 is 0. The summed E-state index contributed by atoms with van der Waals surface area (Å²) in [6, 6.07) is 2.89. The lowest BCUT2D eigenvalue weighted by Gasteiger charge is -2.25. The van der Waals surface area contributed by atoms with E-state index in [9.17, 15) is 29.1 Å². The van der Waals surface area contributed by atoms with E-state index in [4.69, 9.17) is 27.4 Å². The van der Waals surface area contributed by atoms with Crippen LogP contribution >= 0.6 is 0 Å². The summed E-state index contributed by atoms with van der Waals surface area (Å²) in [5.41, 5.74) is 16.7.